The van der Waals surface area contributed by atoms with Crippen molar-refractivity contribution in [3.05, 3.63) is 102 Å². The molecule has 4 aromatic rings. The van der Waals surface area contributed by atoms with Crippen molar-refractivity contribution < 1.29 is 23.9 Å². The van der Waals surface area contributed by atoms with Crippen molar-refractivity contribution in [2.24, 2.45) is 0 Å². The van der Waals surface area contributed by atoms with E-state index in [-0.39, 0.29) is 17.5 Å². The predicted molar refractivity (Wildman–Crippen MR) is 132 cm³/mol. The molecular weight excluding hydrogens is 474 g/mol. The largest absolute Gasteiger partial charge is 0.427 e. The lowest BCUT2D eigenvalue weighted by molar-refractivity contribution is -0.131. The molecule has 0 bridgehead atoms. The molecule has 1 unspecified atom stereocenters. The van der Waals surface area contributed by atoms with Gasteiger partial charge in [-0.05, 0) is 48.0 Å². The van der Waals surface area contributed by atoms with E-state index in [0.29, 0.717) is 22.8 Å². The molecule has 5 rings (SSSR count). The van der Waals surface area contributed by atoms with Crippen LogP contribution in [0.3, 0.4) is 0 Å². The molecule has 1 aliphatic heterocycles. The van der Waals surface area contributed by atoms with Crippen molar-refractivity contribution in [3.63, 3.8) is 0 Å². The number of imide groups is 1. The summed E-state index contributed by atoms with van der Waals surface area (Å²) in [6.45, 7) is 1.30. The molecule has 1 atom stereocenters. The van der Waals surface area contributed by atoms with Crippen LogP contribution in [0.25, 0.3) is 5.82 Å². The molecule has 3 amide bonds. The Labute approximate surface area is 211 Å². The maximum atomic E-state index is 13.5. The number of fused-ring (bicyclic) bond motifs is 1. The second-order valence-corrected chi connectivity index (χ2v) is 8.33. The fourth-order valence-corrected chi connectivity index (χ4v) is 4.10. The number of amides is 3. The standard InChI is InChI=1S/C27H21N5O5/c1-17(33)37-20-10-7-18(8-11-20)15-23(32-26(35)21-5-2-3-6-22(21)27(32)36)25(34)30-19-9-12-24(28-16-19)31-14-4-13-29-31/h2-14,16,23H,15H2,1H3,(H,30,34). The number of benzene rings is 2. The fraction of sp³-hybridized carbons (Fsp3) is 0.111. The van der Waals surface area contributed by atoms with Gasteiger partial charge in [0.2, 0.25) is 5.91 Å². The summed E-state index contributed by atoms with van der Waals surface area (Å²) in [4.78, 5) is 56.4. The topological polar surface area (TPSA) is 123 Å². The number of carbonyl (C=O) groups is 4. The van der Waals surface area contributed by atoms with Gasteiger partial charge < -0.3 is 10.1 Å². The van der Waals surface area contributed by atoms with Gasteiger partial charge in [-0.15, -0.1) is 0 Å². The first-order valence-corrected chi connectivity index (χ1v) is 11.4. The number of ether oxygens (including phenoxy) is 1. The lowest BCUT2D eigenvalue weighted by Gasteiger charge is -2.25. The average Bonchev–Trinajstić information content (AvgIpc) is 3.52. The molecule has 3 heterocycles. The van der Waals surface area contributed by atoms with Crippen LogP contribution in [0.15, 0.2) is 85.3 Å². The molecule has 10 heteroatoms. The number of nitrogens with zero attached hydrogens (tertiary/aromatic N) is 4. The van der Waals surface area contributed by atoms with E-state index in [1.54, 1.807) is 83.8 Å². The molecule has 2 aromatic heterocycles. The summed E-state index contributed by atoms with van der Waals surface area (Å²) >= 11 is 0. The van der Waals surface area contributed by atoms with Crippen molar-refractivity contribution in [2.75, 3.05) is 5.32 Å². The fourth-order valence-electron chi connectivity index (χ4n) is 4.10. The number of hydrogen-bond donors (Lipinski definition) is 1. The summed E-state index contributed by atoms with van der Waals surface area (Å²) in [6.07, 6.45) is 4.90. The van der Waals surface area contributed by atoms with Crippen LogP contribution in [0.1, 0.15) is 33.2 Å². The minimum absolute atomic E-state index is 0.0520. The molecule has 2 aromatic carbocycles. The van der Waals surface area contributed by atoms with E-state index in [2.05, 4.69) is 15.4 Å². The second-order valence-electron chi connectivity index (χ2n) is 8.33. The highest BCUT2D eigenvalue weighted by atomic mass is 16.5. The Morgan fingerprint density at radius 1 is 0.946 bits per heavy atom. The highest BCUT2D eigenvalue weighted by Crippen LogP contribution is 2.27. The van der Waals surface area contributed by atoms with Crippen molar-refractivity contribution in [2.45, 2.75) is 19.4 Å². The quantitative estimate of drug-likeness (QED) is 0.237. The van der Waals surface area contributed by atoms with E-state index in [1.165, 1.54) is 13.1 Å². The van der Waals surface area contributed by atoms with Gasteiger partial charge >= 0.3 is 5.97 Å². The van der Waals surface area contributed by atoms with Gasteiger partial charge in [0, 0.05) is 25.7 Å². The number of anilines is 1. The van der Waals surface area contributed by atoms with Crippen LogP contribution in [0, 0.1) is 0 Å². The zero-order chi connectivity index (χ0) is 25.9. The maximum Gasteiger partial charge on any atom is 0.308 e. The van der Waals surface area contributed by atoms with E-state index < -0.39 is 29.7 Å². The molecule has 0 radical (unpaired) electrons. The monoisotopic (exact) mass is 495 g/mol. The summed E-state index contributed by atoms with van der Waals surface area (Å²) < 4.78 is 6.64. The van der Waals surface area contributed by atoms with E-state index in [1.807, 2.05) is 0 Å². The first-order valence-electron chi connectivity index (χ1n) is 11.4. The van der Waals surface area contributed by atoms with Gasteiger partial charge in [-0.1, -0.05) is 24.3 Å². The van der Waals surface area contributed by atoms with Gasteiger partial charge in [0.25, 0.3) is 11.8 Å². The zero-order valence-electron chi connectivity index (χ0n) is 19.7. The molecule has 184 valence electrons. The van der Waals surface area contributed by atoms with Gasteiger partial charge in [-0.3, -0.25) is 24.1 Å². The summed E-state index contributed by atoms with van der Waals surface area (Å²) in [7, 11) is 0. The third-order valence-corrected chi connectivity index (χ3v) is 5.81. The second kappa shape index (κ2) is 9.86. The normalized spacial score (nSPS) is 13.3. The van der Waals surface area contributed by atoms with Crippen LogP contribution in [0.2, 0.25) is 0 Å². The summed E-state index contributed by atoms with van der Waals surface area (Å²) in [5, 5.41) is 6.89. The number of aromatic nitrogens is 3. The van der Waals surface area contributed by atoms with Crippen LogP contribution >= 0.6 is 0 Å². The highest BCUT2D eigenvalue weighted by Gasteiger charge is 2.42. The first kappa shape index (κ1) is 23.6. The Morgan fingerprint density at radius 3 is 2.22 bits per heavy atom. The third-order valence-electron chi connectivity index (χ3n) is 5.81. The first-order chi connectivity index (χ1) is 17.9. The van der Waals surface area contributed by atoms with Crippen LogP contribution in [-0.4, -0.2) is 49.4 Å². The summed E-state index contributed by atoms with van der Waals surface area (Å²) in [5.74, 6) is -1.17. The van der Waals surface area contributed by atoms with Gasteiger partial charge in [0.05, 0.1) is 23.0 Å². The van der Waals surface area contributed by atoms with Gasteiger partial charge in [-0.2, -0.15) is 5.10 Å². The molecule has 37 heavy (non-hydrogen) atoms. The Kier molecular flexibility index (Phi) is 6.29. The maximum absolute atomic E-state index is 13.5. The molecule has 0 saturated heterocycles. The molecule has 1 N–H and O–H groups in total. The smallest absolute Gasteiger partial charge is 0.308 e. The van der Waals surface area contributed by atoms with E-state index in [0.717, 1.165) is 4.90 Å². The van der Waals surface area contributed by atoms with E-state index in [4.69, 9.17) is 4.74 Å². The van der Waals surface area contributed by atoms with Crippen LogP contribution in [-0.2, 0) is 16.0 Å². The molecule has 10 nitrogen and oxygen atoms in total. The molecule has 0 aliphatic carbocycles. The van der Waals surface area contributed by atoms with Crippen molar-refractivity contribution >= 4 is 29.4 Å². The van der Waals surface area contributed by atoms with Crippen LogP contribution < -0.4 is 10.1 Å². The predicted octanol–water partition coefficient (Wildman–Crippen LogP) is 3.04. The molecular formula is C27H21N5O5. The van der Waals surface area contributed by atoms with Crippen LogP contribution in [0.5, 0.6) is 5.75 Å². The lowest BCUT2D eigenvalue weighted by atomic mass is 10.0. The molecule has 0 spiro atoms. The minimum atomic E-state index is -1.14. The van der Waals surface area contributed by atoms with Gasteiger partial charge in [0.1, 0.15) is 11.8 Å². The van der Waals surface area contributed by atoms with Crippen molar-refractivity contribution in [1.29, 1.82) is 0 Å². The van der Waals surface area contributed by atoms with E-state index >= 15 is 0 Å². The number of nitrogens with one attached hydrogen (secondary N) is 1. The Morgan fingerprint density at radius 2 is 1.65 bits per heavy atom. The molecule has 1 aliphatic rings. The van der Waals surface area contributed by atoms with Gasteiger partial charge in [-0.25, -0.2) is 9.67 Å². The Hall–Kier alpha value is -5.12. The van der Waals surface area contributed by atoms with Gasteiger partial charge in [0.15, 0.2) is 5.82 Å². The van der Waals surface area contributed by atoms with Crippen LogP contribution in [0.4, 0.5) is 5.69 Å². The number of esters is 1. The van der Waals surface area contributed by atoms with Crippen molar-refractivity contribution in [3.8, 4) is 11.6 Å². The number of rotatable bonds is 7. The SMILES string of the molecule is CC(=O)Oc1ccc(CC(C(=O)Nc2ccc(-n3cccn3)nc2)N2C(=O)c3ccccc3C2=O)cc1. The number of pyridine rings is 1. The van der Waals surface area contributed by atoms with E-state index in [9.17, 15) is 19.2 Å². The highest BCUT2D eigenvalue weighted by molar-refractivity contribution is 6.23. The minimum Gasteiger partial charge on any atom is -0.427 e. The average molecular weight is 495 g/mol. The third kappa shape index (κ3) is 4.85. The zero-order valence-corrected chi connectivity index (χ0v) is 19.7. The number of hydrogen-bond acceptors (Lipinski definition) is 7. The molecule has 0 saturated carbocycles. The Bertz CT molecular complexity index is 1450. The summed E-state index contributed by atoms with van der Waals surface area (Å²) in [5.41, 5.74) is 1.56. The lowest BCUT2D eigenvalue weighted by Crippen LogP contribution is -2.48. The van der Waals surface area contributed by atoms with Crippen molar-refractivity contribution in [1.82, 2.24) is 19.7 Å². The molecule has 0 fully saturated rings. The summed E-state index contributed by atoms with van der Waals surface area (Å²) in [6, 6.07) is 17.0. The number of carbonyl (C=O) groups excluding carboxylic acids is 4. The Balaban J connectivity index is 1.42.